The summed E-state index contributed by atoms with van der Waals surface area (Å²) < 4.78 is 62.5. The largest absolute Gasteiger partial charge is 0.465 e. The predicted molar refractivity (Wildman–Crippen MR) is 231 cm³/mol. The second-order valence-corrected chi connectivity index (χ2v) is 16.5. The van der Waals surface area contributed by atoms with E-state index in [0.717, 1.165) is 48.4 Å². The Kier molecular flexibility index (Phi) is 13.6. The number of nitrogens with zero attached hydrogens (tertiary/aromatic N) is 5. The Labute approximate surface area is 366 Å². The van der Waals surface area contributed by atoms with Crippen molar-refractivity contribution in [2.45, 2.75) is 37.6 Å². The van der Waals surface area contributed by atoms with Gasteiger partial charge in [-0.25, -0.2) is 22.4 Å². The number of halogens is 1. The highest BCUT2D eigenvalue weighted by Gasteiger charge is 2.26. The molecule has 7 rings (SSSR count). The van der Waals surface area contributed by atoms with E-state index >= 15 is 0 Å². The number of Topliss-reactive ketones (excluding diaryl/α,β-unsaturated/α-hetero) is 1. The van der Waals surface area contributed by atoms with Crippen LogP contribution in [0.25, 0.3) is 27.8 Å². The Morgan fingerprint density at radius 1 is 0.891 bits per heavy atom. The van der Waals surface area contributed by atoms with E-state index in [4.69, 9.17) is 18.9 Å². The first-order chi connectivity index (χ1) is 30.8. The number of aromatic nitrogens is 6. The van der Waals surface area contributed by atoms with Gasteiger partial charge in [0.25, 0.3) is 6.01 Å². The van der Waals surface area contributed by atoms with Gasteiger partial charge < -0.3 is 18.9 Å². The molecule has 1 aliphatic rings. The van der Waals surface area contributed by atoms with E-state index in [0.29, 0.717) is 23.5 Å². The van der Waals surface area contributed by atoms with E-state index < -0.39 is 59.2 Å². The molecular weight excluding hydrogens is 848 g/mol. The average Bonchev–Trinajstić information content (AvgIpc) is 3.95. The number of rotatable bonds is 17. The van der Waals surface area contributed by atoms with Gasteiger partial charge in [-0.1, -0.05) is 78.0 Å². The van der Waals surface area contributed by atoms with Crippen LogP contribution in [0.1, 0.15) is 64.6 Å². The number of carbonyl (C=O) groups excluding carboxylic acids is 4. The fraction of sp³-hybridized carbons (Fsp3) is 0.217. The van der Waals surface area contributed by atoms with Crippen LogP contribution in [0.2, 0.25) is 0 Å². The molecule has 0 amide bonds. The first-order valence-electron chi connectivity index (χ1n) is 19.9. The maximum atomic E-state index is 14.5. The van der Waals surface area contributed by atoms with E-state index in [1.165, 1.54) is 42.5 Å². The Hall–Kier alpha value is -7.60. The van der Waals surface area contributed by atoms with Gasteiger partial charge in [0.1, 0.15) is 12.4 Å². The average molecular weight is 889 g/mol. The lowest BCUT2D eigenvalue weighted by molar-refractivity contribution is -0.143. The third kappa shape index (κ3) is 10.4. The molecule has 0 aliphatic heterocycles. The molecule has 1 unspecified atom stereocenters. The monoisotopic (exact) mass is 888 g/mol. The van der Waals surface area contributed by atoms with Gasteiger partial charge in [-0.3, -0.25) is 14.2 Å². The summed E-state index contributed by atoms with van der Waals surface area (Å²) in [5, 5.41) is 14.6. The van der Waals surface area contributed by atoms with Crippen molar-refractivity contribution in [1.82, 2.24) is 30.2 Å². The van der Waals surface area contributed by atoms with Crippen molar-refractivity contribution >= 4 is 61.3 Å². The molecule has 64 heavy (non-hydrogen) atoms. The number of hydrogen-bond acceptors (Lipinski definition) is 14. The molecule has 1 N–H and O–H groups in total. The van der Waals surface area contributed by atoms with Gasteiger partial charge in [-0.15, -0.1) is 10.2 Å². The quantitative estimate of drug-likeness (QED) is 0.0474. The van der Waals surface area contributed by atoms with Crippen LogP contribution in [0.5, 0.6) is 6.01 Å². The number of aromatic amines is 1. The molecule has 0 saturated carbocycles. The molecule has 0 bridgehead atoms. The number of fused-ring (bicyclic) bond motifs is 1. The molecule has 4 aromatic carbocycles. The van der Waals surface area contributed by atoms with Crippen LogP contribution in [0, 0.1) is 5.82 Å². The van der Waals surface area contributed by atoms with Gasteiger partial charge in [-0.05, 0) is 77.6 Å². The minimum atomic E-state index is -3.59. The van der Waals surface area contributed by atoms with Crippen LogP contribution in [0.15, 0.2) is 114 Å². The number of imidazole rings is 1. The second-order valence-electron chi connectivity index (χ2n) is 14.5. The van der Waals surface area contributed by atoms with Crippen molar-refractivity contribution < 1.29 is 50.9 Å². The number of para-hydroxylation sites is 1. The molecule has 0 saturated heterocycles. The maximum Gasteiger partial charge on any atom is 0.340 e. The fourth-order valence-corrected chi connectivity index (χ4v) is 7.74. The topological polar surface area (TPSA) is 212 Å². The molecule has 1 aliphatic carbocycles. The van der Waals surface area contributed by atoms with Crippen molar-refractivity contribution in [2.75, 3.05) is 32.7 Å². The number of carbonyl (C=O) groups is 4. The van der Waals surface area contributed by atoms with Crippen molar-refractivity contribution in [3.05, 3.63) is 149 Å². The van der Waals surface area contributed by atoms with Crippen LogP contribution in [0.3, 0.4) is 0 Å². The summed E-state index contributed by atoms with van der Waals surface area (Å²) in [7, 11) is -3.59. The number of allylic oxidation sites excluding steroid dienone is 4. The summed E-state index contributed by atoms with van der Waals surface area (Å²) in [5.41, 5.74) is 3.93. The number of benzene rings is 4. The summed E-state index contributed by atoms with van der Waals surface area (Å²) in [6.07, 6.45) is 7.83. The lowest BCUT2D eigenvalue weighted by Crippen LogP contribution is -2.22. The molecule has 328 valence electrons. The maximum absolute atomic E-state index is 14.5. The summed E-state index contributed by atoms with van der Waals surface area (Å²) in [5.74, 6) is -3.60. The van der Waals surface area contributed by atoms with Gasteiger partial charge in [0.2, 0.25) is 5.78 Å². The second kappa shape index (κ2) is 19.6. The summed E-state index contributed by atoms with van der Waals surface area (Å²) in [6.45, 7) is 1.41. The normalized spacial score (nSPS) is 14.1. The lowest BCUT2D eigenvalue weighted by Gasteiger charge is -2.19. The summed E-state index contributed by atoms with van der Waals surface area (Å²) in [4.78, 5) is 57.2. The van der Waals surface area contributed by atoms with Crippen LogP contribution >= 0.6 is 0 Å². The van der Waals surface area contributed by atoms with Crippen LogP contribution in [0.4, 0.5) is 4.39 Å². The number of H-pyrrole nitrogens is 1. The summed E-state index contributed by atoms with van der Waals surface area (Å²) >= 11 is 0. The molecule has 0 fully saturated rings. The molecule has 16 nitrogen and oxygen atoms in total. The van der Waals surface area contributed by atoms with Crippen LogP contribution < -0.4 is 4.74 Å². The SMILES string of the molecule is CCOc1nc2cccc(C(=O)OCC(=O)COC(=O)/C(=C(\COC(C)=O)c3ccc(S(C)(=O)=O)cc3)c3cccc(F)c3)c2n1Cc1ccc(C2=CC=CCC2c2nn[nH]n2)cc1. The molecule has 2 heterocycles. The summed E-state index contributed by atoms with van der Waals surface area (Å²) in [6, 6.07) is 23.4. The van der Waals surface area contributed by atoms with E-state index in [2.05, 4.69) is 31.7 Å². The highest BCUT2D eigenvalue weighted by Crippen LogP contribution is 2.36. The standard InChI is InChI=1S/C46H41FN6O10S/c1-4-60-46-48-40-14-8-13-38(42(40)53(46)24-29-15-17-30(18-16-29)36-11-5-6-12-37(36)43-49-51-52-50-43)44(56)62-25-34(55)26-63-45(57)41(32-9-7-10-33(47)23-32)39(27-61-28(2)54)31-19-21-35(22-20-31)64(3,58)59/h5-11,13-23,37H,4,12,24-27H2,1-3H3,(H,49,50,51,52)/b41-39+. The van der Waals surface area contributed by atoms with Gasteiger partial charge in [0.05, 0.1) is 46.1 Å². The fourth-order valence-electron chi connectivity index (χ4n) is 7.11. The molecule has 6 aromatic rings. The minimum absolute atomic E-state index is 0.0124. The smallest absolute Gasteiger partial charge is 0.340 e. The Morgan fingerprint density at radius 2 is 1.64 bits per heavy atom. The van der Waals surface area contributed by atoms with Gasteiger partial charge in [0.15, 0.2) is 28.9 Å². The molecular formula is C46H41FN6O10S. The Morgan fingerprint density at radius 3 is 2.33 bits per heavy atom. The number of ketones is 1. The van der Waals surface area contributed by atoms with E-state index in [9.17, 15) is 32.0 Å². The molecule has 2 aromatic heterocycles. The highest BCUT2D eigenvalue weighted by molar-refractivity contribution is 7.90. The van der Waals surface area contributed by atoms with E-state index in [-0.39, 0.29) is 51.2 Å². The number of esters is 3. The Balaban J connectivity index is 1.09. The van der Waals surface area contributed by atoms with Gasteiger partial charge >= 0.3 is 17.9 Å². The van der Waals surface area contributed by atoms with Crippen molar-refractivity contribution in [1.29, 1.82) is 0 Å². The van der Waals surface area contributed by atoms with E-state index in [1.807, 2.05) is 43.3 Å². The minimum Gasteiger partial charge on any atom is -0.465 e. The third-order valence-electron chi connectivity index (χ3n) is 10.1. The number of ether oxygens (including phenoxy) is 4. The van der Waals surface area contributed by atoms with E-state index in [1.54, 1.807) is 16.7 Å². The zero-order valence-corrected chi connectivity index (χ0v) is 35.6. The highest BCUT2D eigenvalue weighted by atomic mass is 32.2. The third-order valence-corrected chi connectivity index (χ3v) is 11.2. The number of hydrogen-bond donors (Lipinski definition) is 1. The van der Waals surface area contributed by atoms with Crippen molar-refractivity contribution in [3.8, 4) is 6.01 Å². The lowest BCUT2D eigenvalue weighted by atomic mass is 9.86. The van der Waals surface area contributed by atoms with Gasteiger partial charge in [-0.2, -0.15) is 10.2 Å². The zero-order valence-electron chi connectivity index (χ0n) is 34.8. The van der Waals surface area contributed by atoms with Crippen molar-refractivity contribution in [2.24, 2.45) is 0 Å². The number of nitrogens with one attached hydrogen (secondary N) is 1. The molecule has 0 radical (unpaired) electrons. The number of sulfone groups is 1. The molecule has 18 heteroatoms. The first kappa shape index (κ1) is 44.5. The Bertz CT molecular complexity index is 2920. The first-order valence-corrected chi connectivity index (χ1v) is 21.8. The van der Waals surface area contributed by atoms with Gasteiger partial charge in [0, 0.05) is 18.8 Å². The van der Waals surface area contributed by atoms with Crippen molar-refractivity contribution in [3.63, 3.8) is 0 Å². The zero-order chi connectivity index (χ0) is 45.4. The van der Waals surface area contributed by atoms with Crippen LogP contribution in [-0.2, 0) is 45.0 Å². The predicted octanol–water partition coefficient (Wildman–Crippen LogP) is 6.11. The molecule has 0 spiro atoms. The van der Waals surface area contributed by atoms with Crippen LogP contribution in [-0.4, -0.2) is 95.0 Å². The molecule has 1 atom stereocenters. The number of tetrazole rings is 1.